The van der Waals surface area contributed by atoms with E-state index in [0.29, 0.717) is 11.0 Å². The zero-order chi connectivity index (χ0) is 14.7. The van der Waals surface area contributed by atoms with E-state index in [1.165, 1.54) is 18.3 Å². The quantitative estimate of drug-likeness (QED) is 0.942. The van der Waals surface area contributed by atoms with Crippen LogP contribution in [0.2, 0.25) is 0 Å². The molecule has 0 aromatic carbocycles. The van der Waals surface area contributed by atoms with Gasteiger partial charge in [-0.25, -0.2) is 9.97 Å². The fraction of sp³-hybridized carbons (Fsp3) is 0.429. The van der Waals surface area contributed by atoms with E-state index in [2.05, 4.69) is 25.2 Å². The summed E-state index contributed by atoms with van der Waals surface area (Å²) in [5, 5.41) is 5.45. The van der Waals surface area contributed by atoms with Gasteiger partial charge in [0.2, 0.25) is 5.91 Å². The molecule has 0 aliphatic carbocycles. The summed E-state index contributed by atoms with van der Waals surface area (Å²) < 4.78 is 0. The Kier molecular flexibility index (Phi) is 4.10. The van der Waals surface area contributed by atoms with Gasteiger partial charge in [0.25, 0.3) is 0 Å². The first-order chi connectivity index (χ1) is 10.2. The molecule has 0 spiro atoms. The van der Waals surface area contributed by atoms with Crippen molar-refractivity contribution in [3.8, 4) is 0 Å². The third kappa shape index (κ3) is 3.36. The second kappa shape index (κ2) is 6.17. The van der Waals surface area contributed by atoms with Crippen LogP contribution in [0.5, 0.6) is 0 Å². The largest absolute Gasteiger partial charge is 0.355 e. The van der Waals surface area contributed by atoms with E-state index in [1.807, 2.05) is 5.38 Å². The van der Waals surface area contributed by atoms with Crippen LogP contribution in [0.25, 0.3) is 0 Å². The Bertz CT molecular complexity index is 615. The molecule has 1 aliphatic rings. The molecule has 0 unspecified atom stereocenters. The van der Waals surface area contributed by atoms with Gasteiger partial charge in [-0.2, -0.15) is 0 Å². The summed E-state index contributed by atoms with van der Waals surface area (Å²) in [4.78, 5) is 26.3. The van der Waals surface area contributed by atoms with Crippen molar-refractivity contribution >= 4 is 28.2 Å². The van der Waals surface area contributed by atoms with Crippen molar-refractivity contribution in [2.45, 2.75) is 25.7 Å². The SMILES string of the molecule is CC(=O)Nc1nc([C@@H]2CCCN(c3cnccn3)C2)cs1. The van der Waals surface area contributed by atoms with Gasteiger partial charge in [0.05, 0.1) is 11.9 Å². The zero-order valence-corrected chi connectivity index (χ0v) is 12.6. The second-order valence-corrected chi connectivity index (χ2v) is 5.97. The Hall–Kier alpha value is -2.02. The molecule has 21 heavy (non-hydrogen) atoms. The number of nitrogens with one attached hydrogen (secondary N) is 1. The number of carbonyl (C=O) groups excluding carboxylic acids is 1. The topological polar surface area (TPSA) is 71.0 Å². The normalized spacial score (nSPS) is 18.5. The van der Waals surface area contributed by atoms with Crippen LogP contribution in [0, 0.1) is 0 Å². The highest BCUT2D eigenvalue weighted by atomic mass is 32.1. The van der Waals surface area contributed by atoms with Crippen LogP contribution < -0.4 is 10.2 Å². The number of thiazole rings is 1. The Labute approximate surface area is 127 Å². The lowest BCUT2D eigenvalue weighted by atomic mass is 9.95. The highest BCUT2D eigenvalue weighted by molar-refractivity contribution is 7.13. The lowest BCUT2D eigenvalue weighted by Gasteiger charge is -2.32. The lowest BCUT2D eigenvalue weighted by molar-refractivity contribution is -0.114. The van der Waals surface area contributed by atoms with Crippen LogP contribution in [0.15, 0.2) is 24.0 Å². The Morgan fingerprint density at radius 1 is 1.48 bits per heavy atom. The second-order valence-electron chi connectivity index (χ2n) is 5.11. The molecular weight excluding hydrogens is 286 g/mol. The minimum atomic E-state index is -0.0827. The van der Waals surface area contributed by atoms with E-state index in [-0.39, 0.29) is 5.91 Å². The number of hydrogen-bond acceptors (Lipinski definition) is 6. The summed E-state index contributed by atoms with van der Waals surface area (Å²) in [5.41, 5.74) is 1.05. The van der Waals surface area contributed by atoms with E-state index in [1.54, 1.807) is 18.6 Å². The first-order valence-corrected chi connectivity index (χ1v) is 7.84. The molecule has 0 saturated carbocycles. The van der Waals surface area contributed by atoms with Gasteiger partial charge in [-0.1, -0.05) is 0 Å². The van der Waals surface area contributed by atoms with Crippen molar-refractivity contribution < 1.29 is 4.79 Å². The number of amides is 1. The number of nitrogens with zero attached hydrogens (tertiary/aromatic N) is 4. The van der Waals surface area contributed by atoms with Gasteiger partial charge in [0.1, 0.15) is 5.82 Å². The van der Waals surface area contributed by atoms with Gasteiger partial charge in [-0.05, 0) is 12.8 Å². The van der Waals surface area contributed by atoms with Gasteiger partial charge >= 0.3 is 0 Å². The number of anilines is 2. The first-order valence-electron chi connectivity index (χ1n) is 6.96. The molecule has 1 amide bonds. The Morgan fingerprint density at radius 3 is 3.14 bits per heavy atom. The number of rotatable bonds is 3. The molecule has 1 saturated heterocycles. The van der Waals surface area contributed by atoms with Crippen LogP contribution in [0.1, 0.15) is 31.4 Å². The molecule has 6 nitrogen and oxygen atoms in total. The molecule has 1 atom stereocenters. The smallest absolute Gasteiger partial charge is 0.223 e. The summed E-state index contributed by atoms with van der Waals surface area (Å²) in [5.74, 6) is 1.21. The standard InChI is InChI=1S/C14H17N5OS/c1-10(20)17-14-18-12(9-21-14)11-3-2-6-19(8-11)13-7-15-4-5-16-13/h4-5,7,9,11H,2-3,6,8H2,1H3,(H,17,18,20)/t11-/m1/s1. The summed E-state index contributed by atoms with van der Waals surface area (Å²) in [6.45, 7) is 3.39. The van der Waals surface area contributed by atoms with Crippen LogP contribution in [0.4, 0.5) is 10.9 Å². The summed E-state index contributed by atoms with van der Waals surface area (Å²) in [7, 11) is 0. The van der Waals surface area contributed by atoms with E-state index in [4.69, 9.17) is 0 Å². The highest BCUT2D eigenvalue weighted by Gasteiger charge is 2.24. The molecule has 7 heteroatoms. The monoisotopic (exact) mass is 303 g/mol. The number of carbonyl (C=O) groups is 1. The molecule has 2 aromatic heterocycles. The predicted molar refractivity (Wildman–Crippen MR) is 82.6 cm³/mol. The molecule has 2 aromatic rings. The number of aromatic nitrogens is 3. The van der Waals surface area contributed by atoms with Gasteiger partial charge < -0.3 is 10.2 Å². The lowest BCUT2D eigenvalue weighted by Crippen LogP contribution is -2.35. The predicted octanol–water partition coefficient (Wildman–Crippen LogP) is 2.28. The third-order valence-corrected chi connectivity index (χ3v) is 4.29. The molecule has 0 bridgehead atoms. The Balaban J connectivity index is 1.71. The van der Waals surface area contributed by atoms with E-state index in [9.17, 15) is 4.79 Å². The maximum Gasteiger partial charge on any atom is 0.223 e. The van der Waals surface area contributed by atoms with Crippen molar-refractivity contribution in [2.75, 3.05) is 23.3 Å². The van der Waals surface area contributed by atoms with Crippen LogP contribution in [0.3, 0.4) is 0 Å². The van der Waals surface area contributed by atoms with E-state index >= 15 is 0 Å². The van der Waals surface area contributed by atoms with Gasteiger partial charge in [-0.15, -0.1) is 11.3 Å². The molecule has 1 aliphatic heterocycles. The zero-order valence-electron chi connectivity index (χ0n) is 11.8. The molecule has 1 N–H and O–H groups in total. The molecular formula is C14H17N5OS. The van der Waals surface area contributed by atoms with Crippen molar-refractivity contribution in [1.82, 2.24) is 15.0 Å². The molecule has 3 heterocycles. The molecule has 1 fully saturated rings. The van der Waals surface area contributed by atoms with Crippen LogP contribution in [-0.4, -0.2) is 33.9 Å². The van der Waals surface area contributed by atoms with Crippen LogP contribution >= 0.6 is 11.3 Å². The number of hydrogen-bond donors (Lipinski definition) is 1. The van der Waals surface area contributed by atoms with E-state index < -0.39 is 0 Å². The average molecular weight is 303 g/mol. The minimum Gasteiger partial charge on any atom is -0.355 e. The molecule has 3 rings (SSSR count). The van der Waals surface area contributed by atoms with Gasteiger partial charge in [0.15, 0.2) is 5.13 Å². The fourth-order valence-corrected chi connectivity index (χ4v) is 3.40. The maximum absolute atomic E-state index is 11.1. The average Bonchev–Trinajstić information content (AvgIpc) is 2.96. The van der Waals surface area contributed by atoms with Crippen LogP contribution in [-0.2, 0) is 4.79 Å². The molecule has 0 radical (unpaired) electrons. The Morgan fingerprint density at radius 2 is 2.38 bits per heavy atom. The fourth-order valence-electron chi connectivity index (χ4n) is 2.56. The van der Waals surface area contributed by atoms with Crippen molar-refractivity contribution in [3.63, 3.8) is 0 Å². The van der Waals surface area contributed by atoms with E-state index in [0.717, 1.165) is 37.4 Å². The van der Waals surface area contributed by atoms with Crippen molar-refractivity contribution in [2.24, 2.45) is 0 Å². The first kappa shape index (κ1) is 13.9. The van der Waals surface area contributed by atoms with Gasteiger partial charge in [-0.3, -0.25) is 9.78 Å². The number of piperidine rings is 1. The van der Waals surface area contributed by atoms with Crippen molar-refractivity contribution in [1.29, 1.82) is 0 Å². The maximum atomic E-state index is 11.1. The minimum absolute atomic E-state index is 0.0827. The highest BCUT2D eigenvalue weighted by Crippen LogP contribution is 2.30. The summed E-state index contributed by atoms with van der Waals surface area (Å²) in [6.07, 6.45) is 7.42. The summed E-state index contributed by atoms with van der Waals surface area (Å²) >= 11 is 1.48. The molecule has 110 valence electrons. The van der Waals surface area contributed by atoms with Crippen molar-refractivity contribution in [3.05, 3.63) is 29.7 Å². The van der Waals surface area contributed by atoms with Gasteiger partial charge in [0, 0.05) is 43.7 Å². The third-order valence-electron chi connectivity index (χ3n) is 3.52. The summed E-state index contributed by atoms with van der Waals surface area (Å²) in [6, 6.07) is 0.